The molecule has 0 aliphatic carbocycles. The molecule has 3 rings (SSSR count). The first-order chi connectivity index (χ1) is 12.6. The number of nitrogens with zero attached hydrogens (tertiary/aromatic N) is 1. The highest BCUT2D eigenvalue weighted by Gasteiger charge is 2.11. The third-order valence-corrected chi connectivity index (χ3v) is 3.95. The summed E-state index contributed by atoms with van der Waals surface area (Å²) in [5, 5.41) is 12.8. The lowest BCUT2D eigenvalue weighted by molar-refractivity contribution is -0.114. The smallest absolute Gasteiger partial charge is 0.221 e. The Balaban J connectivity index is 1.88. The Kier molecular flexibility index (Phi) is 5.21. The van der Waals surface area contributed by atoms with E-state index in [4.69, 9.17) is 16.3 Å². The maximum atomic E-state index is 11.3. The van der Waals surface area contributed by atoms with E-state index in [1.54, 1.807) is 36.4 Å². The molecule has 0 saturated carbocycles. The first kappa shape index (κ1) is 17.5. The van der Waals surface area contributed by atoms with Crippen molar-refractivity contribution in [3.05, 3.63) is 77.3 Å². The summed E-state index contributed by atoms with van der Waals surface area (Å²) in [6.07, 6.45) is 0. The molecule has 0 spiro atoms. The van der Waals surface area contributed by atoms with Crippen LogP contribution in [0.15, 0.2) is 66.7 Å². The third kappa shape index (κ3) is 4.02. The second-order valence-electron chi connectivity index (χ2n) is 5.60. The highest BCUT2D eigenvalue weighted by atomic mass is 35.5. The molecule has 0 saturated heterocycles. The molecule has 0 radical (unpaired) electrons. The molecule has 0 unspecified atom stereocenters. The number of halogens is 1. The van der Waals surface area contributed by atoms with E-state index in [-0.39, 0.29) is 5.91 Å². The van der Waals surface area contributed by atoms with Crippen LogP contribution in [-0.4, -0.2) is 5.91 Å². The number of rotatable bonds is 4. The maximum Gasteiger partial charge on any atom is 0.221 e. The lowest BCUT2D eigenvalue weighted by Crippen LogP contribution is -2.07. The minimum absolute atomic E-state index is 0.217. The SMILES string of the molecule is CC(=O)Nc1cccc(-c2ccc(Oc3ccc(Cl)cc3)cc2)c1C#N. The van der Waals surface area contributed by atoms with Crippen molar-refractivity contribution in [1.82, 2.24) is 0 Å². The molecule has 0 atom stereocenters. The van der Waals surface area contributed by atoms with Gasteiger partial charge in [-0.15, -0.1) is 0 Å². The minimum Gasteiger partial charge on any atom is -0.457 e. The molecule has 3 aromatic carbocycles. The first-order valence-corrected chi connectivity index (χ1v) is 8.29. The van der Waals surface area contributed by atoms with Crippen LogP contribution in [0.25, 0.3) is 11.1 Å². The molecular weight excluding hydrogens is 348 g/mol. The summed E-state index contributed by atoms with van der Waals surface area (Å²) in [7, 11) is 0. The van der Waals surface area contributed by atoms with Crippen molar-refractivity contribution in [2.45, 2.75) is 6.92 Å². The van der Waals surface area contributed by atoms with E-state index >= 15 is 0 Å². The van der Waals surface area contributed by atoms with E-state index in [9.17, 15) is 10.1 Å². The molecule has 0 aliphatic heterocycles. The lowest BCUT2D eigenvalue weighted by atomic mass is 9.99. The predicted octanol–water partition coefficient (Wildman–Crippen LogP) is 5.63. The highest BCUT2D eigenvalue weighted by molar-refractivity contribution is 6.30. The number of hydrogen-bond donors (Lipinski definition) is 1. The average molecular weight is 363 g/mol. The number of nitrogens with one attached hydrogen (secondary N) is 1. The van der Waals surface area contributed by atoms with Gasteiger partial charge in [0, 0.05) is 17.5 Å². The Bertz CT molecular complexity index is 974. The van der Waals surface area contributed by atoms with E-state index in [0.717, 1.165) is 11.1 Å². The van der Waals surface area contributed by atoms with Gasteiger partial charge in [0.2, 0.25) is 5.91 Å². The van der Waals surface area contributed by atoms with E-state index in [1.807, 2.05) is 30.3 Å². The number of benzene rings is 3. The van der Waals surface area contributed by atoms with Crippen LogP contribution in [0.3, 0.4) is 0 Å². The van der Waals surface area contributed by atoms with Crippen molar-refractivity contribution in [2.75, 3.05) is 5.32 Å². The topological polar surface area (TPSA) is 62.1 Å². The number of hydrogen-bond acceptors (Lipinski definition) is 3. The Morgan fingerprint density at radius 1 is 1.00 bits per heavy atom. The zero-order chi connectivity index (χ0) is 18.5. The Hall–Kier alpha value is -3.29. The summed E-state index contributed by atoms with van der Waals surface area (Å²) in [5.74, 6) is 1.14. The number of carbonyl (C=O) groups excluding carboxylic acids is 1. The van der Waals surface area contributed by atoms with Crippen LogP contribution in [0, 0.1) is 11.3 Å². The molecule has 4 nitrogen and oxygen atoms in total. The molecule has 0 heterocycles. The number of amides is 1. The Labute approximate surface area is 156 Å². The van der Waals surface area contributed by atoms with Gasteiger partial charge < -0.3 is 10.1 Å². The second kappa shape index (κ2) is 7.73. The van der Waals surface area contributed by atoms with Crippen LogP contribution in [0.1, 0.15) is 12.5 Å². The molecule has 0 bridgehead atoms. The fourth-order valence-corrected chi connectivity index (χ4v) is 2.67. The van der Waals surface area contributed by atoms with Crippen molar-refractivity contribution in [2.24, 2.45) is 0 Å². The van der Waals surface area contributed by atoms with E-state index < -0.39 is 0 Å². The van der Waals surface area contributed by atoms with Crippen LogP contribution in [0.2, 0.25) is 5.02 Å². The fourth-order valence-electron chi connectivity index (χ4n) is 2.55. The van der Waals surface area contributed by atoms with Crippen LogP contribution in [-0.2, 0) is 4.79 Å². The summed E-state index contributed by atoms with van der Waals surface area (Å²) >= 11 is 5.87. The number of anilines is 1. The molecule has 128 valence electrons. The second-order valence-corrected chi connectivity index (χ2v) is 6.04. The molecule has 0 aromatic heterocycles. The molecular formula is C21H15ClN2O2. The van der Waals surface area contributed by atoms with Gasteiger partial charge in [0.15, 0.2) is 0 Å². The standard InChI is InChI=1S/C21H15ClN2O2/c1-14(25)24-21-4-2-3-19(20(21)13-23)15-5-9-17(10-6-15)26-18-11-7-16(22)8-12-18/h2-12H,1H3,(H,24,25). The number of carbonyl (C=O) groups is 1. The summed E-state index contributed by atoms with van der Waals surface area (Å²) < 4.78 is 5.78. The average Bonchev–Trinajstić information content (AvgIpc) is 2.64. The Morgan fingerprint density at radius 3 is 2.19 bits per heavy atom. The summed E-state index contributed by atoms with van der Waals surface area (Å²) in [6.45, 7) is 1.41. The maximum absolute atomic E-state index is 11.3. The van der Waals surface area contributed by atoms with Crippen molar-refractivity contribution in [3.63, 3.8) is 0 Å². The van der Waals surface area contributed by atoms with Gasteiger partial charge in [-0.3, -0.25) is 4.79 Å². The van der Waals surface area contributed by atoms with Gasteiger partial charge in [0.05, 0.1) is 11.3 Å². The van der Waals surface area contributed by atoms with Gasteiger partial charge in [-0.2, -0.15) is 5.26 Å². The van der Waals surface area contributed by atoms with Gasteiger partial charge in [0.1, 0.15) is 17.6 Å². The van der Waals surface area contributed by atoms with Crippen molar-refractivity contribution >= 4 is 23.2 Å². The van der Waals surface area contributed by atoms with Crippen LogP contribution in [0.5, 0.6) is 11.5 Å². The zero-order valence-electron chi connectivity index (χ0n) is 14.0. The van der Waals surface area contributed by atoms with Crippen LogP contribution >= 0.6 is 11.6 Å². The third-order valence-electron chi connectivity index (χ3n) is 3.70. The largest absolute Gasteiger partial charge is 0.457 e. The summed E-state index contributed by atoms with van der Waals surface area (Å²) in [6, 6.07) is 22.0. The van der Waals surface area contributed by atoms with Gasteiger partial charge in [-0.1, -0.05) is 35.9 Å². The van der Waals surface area contributed by atoms with Crippen LogP contribution < -0.4 is 10.1 Å². The minimum atomic E-state index is -0.217. The molecule has 26 heavy (non-hydrogen) atoms. The number of nitriles is 1. The molecule has 1 N–H and O–H groups in total. The molecule has 1 amide bonds. The van der Waals surface area contributed by atoms with Gasteiger partial charge in [-0.25, -0.2) is 0 Å². The normalized spacial score (nSPS) is 10.0. The Morgan fingerprint density at radius 2 is 1.62 bits per heavy atom. The predicted molar refractivity (Wildman–Crippen MR) is 102 cm³/mol. The molecule has 3 aromatic rings. The number of ether oxygens (including phenoxy) is 1. The van der Waals surface area contributed by atoms with E-state index in [2.05, 4.69) is 11.4 Å². The quantitative estimate of drug-likeness (QED) is 0.654. The lowest BCUT2D eigenvalue weighted by Gasteiger charge is -2.11. The first-order valence-electron chi connectivity index (χ1n) is 7.91. The monoisotopic (exact) mass is 362 g/mol. The fraction of sp³-hybridized carbons (Fsp3) is 0.0476. The van der Waals surface area contributed by atoms with Gasteiger partial charge in [0.25, 0.3) is 0 Å². The zero-order valence-corrected chi connectivity index (χ0v) is 14.7. The van der Waals surface area contributed by atoms with Gasteiger partial charge >= 0.3 is 0 Å². The van der Waals surface area contributed by atoms with Crippen molar-refractivity contribution in [3.8, 4) is 28.7 Å². The van der Waals surface area contributed by atoms with Crippen LogP contribution in [0.4, 0.5) is 5.69 Å². The molecule has 0 fully saturated rings. The summed E-state index contributed by atoms with van der Waals surface area (Å²) in [4.78, 5) is 11.3. The van der Waals surface area contributed by atoms with Gasteiger partial charge in [-0.05, 0) is 48.0 Å². The van der Waals surface area contributed by atoms with E-state index in [0.29, 0.717) is 27.8 Å². The van der Waals surface area contributed by atoms with Crippen molar-refractivity contribution < 1.29 is 9.53 Å². The summed E-state index contributed by atoms with van der Waals surface area (Å²) in [5.41, 5.74) is 2.53. The van der Waals surface area contributed by atoms with Crippen molar-refractivity contribution in [1.29, 1.82) is 5.26 Å². The molecule has 0 aliphatic rings. The molecule has 5 heteroatoms. The highest BCUT2D eigenvalue weighted by Crippen LogP contribution is 2.31. The van der Waals surface area contributed by atoms with E-state index in [1.165, 1.54) is 6.92 Å².